The normalized spacial score (nSPS) is 10.1. The summed E-state index contributed by atoms with van der Waals surface area (Å²) >= 11 is 0. The number of carbonyl (C=O) groups is 1. The maximum absolute atomic E-state index is 13.1. The smallest absolute Gasteiger partial charge is 0.262 e. The van der Waals surface area contributed by atoms with Gasteiger partial charge in [0, 0.05) is 6.07 Å². The number of nitrogen functional groups attached to an aromatic ring is 1. The van der Waals surface area contributed by atoms with E-state index in [1.54, 1.807) is 37.3 Å². The van der Waals surface area contributed by atoms with Crippen molar-refractivity contribution in [3.8, 4) is 5.75 Å². The van der Waals surface area contributed by atoms with Crippen LogP contribution in [-0.4, -0.2) is 12.5 Å². The molecule has 0 aromatic heterocycles. The number of halogens is 1. The van der Waals surface area contributed by atoms with Crippen LogP contribution >= 0.6 is 0 Å². The molecule has 20 heavy (non-hydrogen) atoms. The van der Waals surface area contributed by atoms with Crippen LogP contribution in [0.25, 0.3) is 0 Å². The average molecular weight is 274 g/mol. The summed E-state index contributed by atoms with van der Waals surface area (Å²) < 4.78 is 18.4. The highest BCUT2D eigenvalue weighted by Gasteiger charge is 2.07. The Kier molecular flexibility index (Phi) is 4.20. The molecular formula is C15H15FN2O2. The molecule has 0 unspecified atom stereocenters. The van der Waals surface area contributed by atoms with E-state index in [0.717, 1.165) is 5.56 Å². The van der Waals surface area contributed by atoms with E-state index in [1.165, 1.54) is 12.1 Å². The fourth-order valence-corrected chi connectivity index (χ4v) is 1.67. The molecular weight excluding hydrogens is 259 g/mol. The average Bonchev–Trinajstić information content (AvgIpc) is 2.42. The lowest BCUT2D eigenvalue weighted by Gasteiger charge is -2.10. The lowest BCUT2D eigenvalue weighted by molar-refractivity contribution is -0.118. The number of ether oxygens (including phenoxy) is 1. The highest BCUT2D eigenvalue weighted by molar-refractivity contribution is 5.94. The first-order chi connectivity index (χ1) is 9.56. The molecule has 0 aliphatic carbocycles. The van der Waals surface area contributed by atoms with Crippen LogP contribution in [0, 0.1) is 12.7 Å². The monoisotopic (exact) mass is 274 g/mol. The predicted octanol–water partition coefficient (Wildman–Crippen LogP) is 2.73. The van der Waals surface area contributed by atoms with E-state index in [9.17, 15) is 9.18 Å². The minimum absolute atomic E-state index is 0.210. The van der Waals surface area contributed by atoms with Crippen LogP contribution in [0.15, 0.2) is 42.5 Å². The Morgan fingerprint density at radius 1 is 1.30 bits per heavy atom. The molecule has 0 radical (unpaired) electrons. The molecule has 0 aliphatic rings. The largest absolute Gasteiger partial charge is 0.483 e. The summed E-state index contributed by atoms with van der Waals surface area (Å²) in [6.07, 6.45) is 0. The number of nitrogens with two attached hydrogens (primary N) is 1. The second kappa shape index (κ2) is 6.06. The van der Waals surface area contributed by atoms with E-state index >= 15 is 0 Å². The molecule has 0 aliphatic heterocycles. The SMILES string of the molecule is Cc1ccc(F)cc1OCC(=O)Nc1ccccc1N. The lowest BCUT2D eigenvalue weighted by atomic mass is 10.2. The first kappa shape index (κ1) is 13.9. The van der Waals surface area contributed by atoms with Gasteiger partial charge in [-0.25, -0.2) is 4.39 Å². The Morgan fingerprint density at radius 3 is 2.80 bits per heavy atom. The second-order valence-corrected chi connectivity index (χ2v) is 4.33. The first-order valence-electron chi connectivity index (χ1n) is 6.09. The third-order valence-electron chi connectivity index (χ3n) is 2.74. The molecule has 1 amide bonds. The molecule has 4 nitrogen and oxygen atoms in total. The van der Waals surface area contributed by atoms with Gasteiger partial charge in [-0.2, -0.15) is 0 Å². The van der Waals surface area contributed by atoms with E-state index < -0.39 is 5.82 Å². The van der Waals surface area contributed by atoms with Crippen molar-refractivity contribution >= 4 is 17.3 Å². The molecule has 2 aromatic carbocycles. The van der Waals surface area contributed by atoms with Crippen LogP contribution in [0.3, 0.4) is 0 Å². The van der Waals surface area contributed by atoms with Gasteiger partial charge in [-0.1, -0.05) is 18.2 Å². The molecule has 0 saturated heterocycles. The van der Waals surface area contributed by atoms with Crippen molar-refractivity contribution < 1.29 is 13.9 Å². The highest BCUT2D eigenvalue weighted by atomic mass is 19.1. The second-order valence-electron chi connectivity index (χ2n) is 4.33. The van der Waals surface area contributed by atoms with Gasteiger partial charge in [0.2, 0.25) is 0 Å². The molecule has 5 heteroatoms. The Bertz CT molecular complexity index is 629. The van der Waals surface area contributed by atoms with Crippen molar-refractivity contribution in [2.75, 3.05) is 17.7 Å². The Labute approximate surface area is 116 Å². The van der Waals surface area contributed by atoms with Gasteiger partial charge in [0.1, 0.15) is 11.6 Å². The van der Waals surface area contributed by atoms with Gasteiger partial charge >= 0.3 is 0 Å². The zero-order valence-corrected chi connectivity index (χ0v) is 11.0. The number of benzene rings is 2. The molecule has 0 spiro atoms. The summed E-state index contributed by atoms with van der Waals surface area (Å²) in [5, 5.41) is 2.63. The summed E-state index contributed by atoms with van der Waals surface area (Å²) in [7, 11) is 0. The third kappa shape index (κ3) is 3.47. The number of aryl methyl sites for hydroxylation is 1. The van der Waals surface area contributed by atoms with E-state index in [1.807, 2.05) is 0 Å². The first-order valence-corrected chi connectivity index (χ1v) is 6.09. The van der Waals surface area contributed by atoms with Gasteiger partial charge < -0.3 is 15.8 Å². The minimum atomic E-state index is -0.404. The number of para-hydroxylation sites is 2. The van der Waals surface area contributed by atoms with Crippen LogP contribution in [-0.2, 0) is 4.79 Å². The van der Waals surface area contributed by atoms with Gasteiger partial charge in [-0.3, -0.25) is 4.79 Å². The van der Waals surface area contributed by atoms with Crippen molar-refractivity contribution in [3.63, 3.8) is 0 Å². The van der Waals surface area contributed by atoms with Crippen LogP contribution < -0.4 is 15.8 Å². The third-order valence-corrected chi connectivity index (χ3v) is 2.74. The minimum Gasteiger partial charge on any atom is -0.483 e. The molecule has 104 valence electrons. The van der Waals surface area contributed by atoms with Gasteiger partial charge in [-0.05, 0) is 30.7 Å². The van der Waals surface area contributed by atoms with Crippen LogP contribution in [0.1, 0.15) is 5.56 Å². The number of hydrogen-bond donors (Lipinski definition) is 2. The molecule has 0 fully saturated rings. The molecule has 0 saturated carbocycles. The Hall–Kier alpha value is -2.56. The van der Waals surface area contributed by atoms with Crippen LogP contribution in [0.4, 0.5) is 15.8 Å². The van der Waals surface area contributed by atoms with Crippen LogP contribution in [0.2, 0.25) is 0 Å². The molecule has 2 aromatic rings. The Morgan fingerprint density at radius 2 is 2.05 bits per heavy atom. The predicted molar refractivity (Wildman–Crippen MR) is 76.1 cm³/mol. The summed E-state index contributed by atoms with van der Waals surface area (Å²) in [4.78, 5) is 11.7. The van der Waals surface area contributed by atoms with Crippen molar-refractivity contribution in [2.24, 2.45) is 0 Å². The van der Waals surface area contributed by atoms with Crippen LogP contribution in [0.5, 0.6) is 5.75 Å². The van der Waals surface area contributed by atoms with Crippen molar-refractivity contribution in [1.29, 1.82) is 0 Å². The Balaban J connectivity index is 1.96. The standard InChI is InChI=1S/C15H15FN2O2/c1-10-6-7-11(16)8-14(10)20-9-15(19)18-13-5-3-2-4-12(13)17/h2-8H,9,17H2,1H3,(H,18,19). The van der Waals surface area contributed by atoms with E-state index in [-0.39, 0.29) is 12.5 Å². The van der Waals surface area contributed by atoms with Gasteiger partial charge in [0.25, 0.3) is 5.91 Å². The lowest BCUT2D eigenvalue weighted by Crippen LogP contribution is -2.21. The maximum atomic E-state index is 13.1. The van der Waals surface area contributed by atoms with Crippen molar-refractivity contribution in [2.45, 2.75) is 6.92 Å². The van der Waals surface area contributed by atoms with Gasteiger partial charge in [0.15, 0.2) is 6.61 Å². The fraction of sp³-hybridized carbons (Fsp3) is 0.133. The zero-order chi connectivity index (χ0) is 14.5. The summed E-state index contributed by atoms with van der Waals surface area (Å²) in [5.74, 6) is -0.411. The van der Waals surface area contributed by atoms with E-state index in [2.05, 4.69) is 5.32 Å². The highest BCUT2D eigenvalue weighted by Crippen LogP contribution is 2.19. The topological polar surface area (TPSA) is 64.3 Å². The van der Waals surface area contributed by atoms with Crippen molar-refractivity contribution in [1.82, 2.24) is 0 Å². The summed E-state index contributed by atoms with van der Waals surface area (Å²) in [5.41, 5.74) is 7.48. The number of anilines is 2. The summed E-state index contributed by atoms with van der Waals surface area (Å²) in [6, 6.07) is 11.1. The number of hydrogen-bond acceptors (Lipinski definition) is 3. The summed E-state index contributed by atoms with van der Waals surface area (Å²) in [6.45, 7) is 1.57. The quantitative estimate of drug-likeness (QED) is 0.842. The zero-order valence-electron chi connectivity index (χ0n) is 11.0. The van der Waals surface area contributed by atoms with Gasteiger partial charge in [-0.15, -0.1) is 0 Å². The maximum Gasteiger partial charge on any atom is 0.262 e. The number of rotatable bonds is 4. The van der Waals surface area contributed by atoms with E-state index in [0.29, 0.717) is 17.1 Å². The fourth-order valence-electron chi connectivity index (χ4n) is 1.67. The van der Waals surface area contributed by atoms with E-state index in [4.69, 9.17) is 10.5 Å². The molecule has 0 atom stereocenters. The molecule has 2 rings (SSSR count). The number of nitrogens with one attached hydrogen (secondary N) is 1. The molecule has 0 heterocycles. The molecule has 0 bridgehead atoms. The van der Waals surface area contributed by atoms with Crippen molar-refractivity contribution in [3.05, 3.63) is 53.8 Å². The number of amides is 1. The molecule has 3 N–H and O–H groups in total. The van der Waals surface area contributed by atoms with Gasteiger partial charge in [0.05, 0.1) is 11.4 Å². The number of carbonyl (C=O) groups excluding carboxylic acids is 1.